The molecular weight excluding hydrogens is 472 g/mol. The van der Waals surface area contributed by atoms with E-state index in [-0.39, 0.29) is 25.2 Å². The highest BCUT2D eigenvalue weighted by atomic mass is 16.5. The molecule has 9 nitrogen and oxygen atoms in total. The van der Waals surface area contributed by atoms with E-state index in [1.54, 1.807) is 17.0 Å². The lowest BCUT2D eigenvalue weighted by Crippen LogP contribution is -2.51. The standard InChI is InChI=1S/C28H38N4O5/c1-4-21-7-9-22(10-8-21)23-11-13-24(14-12-23)27(35)29-26(20(2)33)25(34)6-5-15-32(37)28(36)31-18-16-30(3)17-19-31/h7-14,20,26,33,37H,4-6,15-19H2,1-3H3,(H,29,35)/t20-,26+/m1/s1. The second-order valence-corrected chi connectivity index (χ2v) is 9.59. The summed E-state index contributed by atoms with van der Waals surface area (Å²) in [5.74, 6) is -0.822. The molecule has 0 unspecified atom stereocenters. The molecule has 1 fully saturated rings. The van der Waals surface area contributed by atoms with Crippen LogP contribution in [0.5, 0.6) is 0 Å². The van der Waals surface area contributed by atoms with Crippen LogP contribution in [0, 0.1) is 0 Å². The summed E-state index contributed by atoms with van der Waals surface area (Å²) in [6.07, 6.45) is 0.0786. The molecular formula is C28H38N4O5. The number of hydrogen-bond acceptors (Lipinski definition) is 6. The summed E-state index contributed by atoms with van der Waals surface area (Å²) >= 11 is 0. The van der Waals surface area contributed by atoms with Gasteiger partial charge in [0.15, 0.2) is 5.78 Å². The number of benzene rings is 2. The largest absolute Gasteiger partial charge is 0.391 e. The van der Waals surface area contributed by atoms with Crippen molar-refractivity contribution in [3.05, 3.63) is 59.7 Å². The Morgan fingerprint density at radius 3 is 2.08 bits per heavy atom. The third kappa shape index (κ3) is 7.85. The second-order valence-electron chi connectivity index (χ2n) is 9.59. The number of urea groups is 1. The minimum atomic E-state index is -1.09. The molecule has 0 aliphatic carbocycles. The molecule has 3 N–H and O–H groups in total. The minimum Gasteiger partial charge on any atom is -0.391 e. The van der Waals surface area contributed by atoms with E-state index in [1.807, 2.05) is 31.3 Å². The van der Waals surface area contributed by atoms with E-state index in [0.29, 0.717) is 23.7 Å². The number of nitrogens with one attached hydrogen (secondary N) is 1. The minimum absolute atomic E-state index is 0.00435. The fourth-order valence-corrected chi connectivity index (χ4v) is 4.26. The van der Waals surface area contributed by atoms with Crippen LogP contribution in [0.1, 0.15) is 42.6 Å². The third-order valence-electron chi connectivity index (χ3n) is 6.75. The molecule has 0 saturated carbocycles. The first kappa shape index (κ1) is 28.3. The lowest BCUT2D eigenvalue weighted by Gasteiger charge is -2.34. The Hall–Kier alpha value is -3.27. The topological polar surface area (TPSA) is 113 Å². The van der Waals surface area contributed by atoms with Gasteiger partial charge in [0.2, 0.25) is 0 Å². The Labute approximate surface area is 218 Å². The number of aliphatic hydroxyl groups is 1. The zero-order valence-corrected chi connectivity index (χ0v) is 21.9. The molecule has 2 aromatic carbocycles. The number of hydrogen-bond donors (Lipinski definition) is 3. The lowest BCUT2D eigenvalue weighted by molar-refractivity contribution is -0.123. The predicted molar refractivity (Wildman–Crippen MR) is 141 cm³/mol. The summed E-state index contributed by atoms with van der Waals surface area (Å²) in [5.41, 5.74) is 3.65. The first-order valence-corrected chi connectivity index (χ1v) is 12.8. The van der Waals surface area contributed by atoms with Crippen LogP contribution in [0.4, 0.5) is 4.79 Å². The zero-order chi connectivity index (χ0) is 26.9. The summed E-state index contributed by atoms with van der Waals surface area (Å²) in [6.45, 7) is 6.08. The number of aryl methyl sites for hydroxylation is 1. The highest BCUT2D eigenvalue weighted by Crippen LogP contribution is 2.21. The van der Waals surface area contributed by atoms with Crippen molar-refractivity contribution in [2.45, 2.75) is 45.3 Å². The number of aliphatic hydroxyl groups excluding tert-OH is 1. The molecule has 1 heterocycles. The Morgan fingerprint density at radius 2 is 1.54 bits per heavy atom. The van der Waals surface area contributed by atoms with Crippen LogP contribution in [0.2, 0.25) is 0 Å². The van der Waals surface area contributed by atoms with Crippen LogP contribution in [0.3, 0.4) is 0 Å². The Morgan fingerprint density at radius 1 is 0.973 bits per heavy atom. The molecule has 1 aliphatic heterocycles. The SMILES string of the molecule is CCc1ccc(-c2ccc(C(=O)N[C@H](C(=O)CCCN(O)C(=O)N3CCN(C)CC3)[C@@H](C)O)cc2)cc1. The van der Waals surface area contributed by atoms with E-state index >= 15 is 0 Å². The van der Waals surface area contributed by atoms with Crippen molar-refractivity contribution in [3.63, 3.8) is 0 Å². The molecule has 9 heteroatoms. The third-order valence-corrected chi connectivity index (χ3v) is 6.75. The normalized spacial score (nSPS) is 15.6. The van der Waals surface area contributed by atoms with Crippen molar-refractivity contribution >= 4 is 17.7 Å². The zero-order valence-electron chi connectivity index (χ0n) is 21.9. The number of hydroxylamine groups is 2. The molecule has 1 saturated heterocycles. The number of likely N-dealkylation sites (N-methyl/N-ethyl adjacent to an activating group) is 1. The maximum Gasteiger partial charge on any atom is 0.343 e. The predicted octanol–water partition coefficient (Wildman–Crippen LogP) is 2.80. The molecule has 0 radical (unpaired) electrons. The van der Waals surface area contributed by atoms with Gasteiger partial charge in [-0.3, -0.25) is 14.8 Å². The molecule has 200 valence electrons. The number of amides is 3. The molecule has 0 spiro atoms. The van der Waals surface area contributed by atoms with E-state index < -0.39 is 24.1 Å². The van der Waals surface area contributed by atoms with Crippen molar-refractivity contribution in [2.24, 2.45) is 0 Å². The quantitative estimate of drug-likeness (QED) is 0.335. The van der Waals surface area contributed by atoms with E-state index in [4.69, 9.17) is 0 Å². The number of nitrogens with zero attached hydrogens (tertiary/aromatic N) is 3. The van der Waals surface area contributed by atoms with Crippen LogP contribution in [0.25, 0.3) is 11.1 Å². The number of ketones is 1. The Balaban J connectivity index is 1.51. The first-order chi connectivity index (χ1) is 17.7. The smallest absolute Gasteiger partial charge is 0.343 e. The average Bonchev–Trinajstić information content (AvgIpc) is 2.91. The van der Waals surface area contributed by atoms with Gasteiger partial charge in [0, 0.05) is 38.2 Å². The van der Waals surface area contributed by atoms with Gasteiger partial charge in [0.05, 0.1) is 12.6 Å². The number of rotatable bonds is 10. The van der Waals surface area contributed by atoms with Gasteiger partial charge in [-0.2, -0.15) is 0 Å². The molecule has 37 heavy (non-hydrogen) atoms. The van der Waals surface area contributed by atoms with Crippen molar-refractivity contribution in [1.82, 2.24) is 20.2 Å². The fraction of sp³-hybridized carbons (Fsp3) is 0.464. The van der Waals surface area contributed by atoms with Crippen LogP contribution >= 0.6 is 0 Å². The van der Waals surface area contributed by atoms with Crippen LogP contribution in [-0.4, -0.2) is 94.8 Å². The molecule has 0 aromatic heterocycles. The van der Waals surface area contributed by atoms with E-state index in [2.05, 4.69) is 29.3 Å². The van der Waals surface area contributed by atoms with Gasteiger partial charge in [0.1, 0.15) is 6.04 Å². The van der Waals surface area contributed by atoms with Crippen molar-refractivity contribution in [3.8, 4) is 11.1 Å². The van der Waals surface area contributed by atoms with Gasteiger partial charge in [-0.05, 0) is 55.6 Å². The lowest BCUT2D eigenvalue weighted by atomic mass is 10.0. The molecule has 3 amide bonds. The summed E-state index contributed by atoms with van der Waals surface area (Å²) in [4.78, 5) is 41.6. The van der Waals surface area contributed by atoms with Gasteiger partial charge in [-0.15, -0.1) is 0 Å². The van der Waals surface area contributed by atoms with Crippen LogP contribution in [0.15, 0.2) is 48.5 Å². The molecule has 3 rings (SSSR count). The van der Waals surface area contributed by atoms with Gasteiger partial charge >= 0.3 is 6.03 Å². The Kier molecular flexibility index (Phi) is 10.2. The van der Waals surface area contributed by atoms with Gasteiger partial charge in [-0.25, -0.2) is 9.86 Å². The van der Waals surface area contributed by atoms with E-state index in [9.17, 15) is 24.7 Å². The number of piperazine rings is 1. The number of carbonyl (C=O) groups is 3. The number of Topliss-reactive ketones (excluding diaryl/α,β-unsaturated/α-hetero) is 1. The summed E-state index contributed by atoms with van der Waals surface area (Å²) in [5, 5.41) is 23.5. The molecule has 2 atom stereocenters. The van der Waals surface area contributed by atoms with Gasteiger partial charge in [0.25, 0.3) is 5.91 Å². The van der Waals surface area contributed by atoms with Crippen molar-refractivity contribution in [2.75, 3.05) is 39.8 Å². The van der Waals surface area contributed by atoms with Gasteiger partial charge < -0.3 is 20.2 Å². The Bertz CT molecular complexity index is 1050. The molecule has 1 aliphatic rings. The fourth-order valence-electron chi connectivity index (χ4n) is 4.26. The van der Waals surface area contributed by atoms with Crippen LogP contribution in [-0.2, 0) is 11.2 Å². The highest BCUT2D eigenvalue weighted by Gasteiger charge is 2.27. The summed E-state index contributed by atoms with van der Waals surface area (Å²) < 4.78 is 0. The molecule has 2 aromatic rings. The number of carbonyl (C=O) groups excluding carboxylic acids is 3. The monoisotopic (exact) mass is 510 g/mol. The van der Waals surface area contributed by atoms with Crippen molar-refractivity contribution in [1.29, 1.82) is 0 Å². The van der Waals surface area contributed by atoms with Gasteiger partial charge in [-0.1, -0.05) is 43.3 Å². The van der Waals surface area contributed by atoms with E-state index in [1.165, 1.54) is 12.5 Å². The average molecular weight is 511 g/mol. The highest BCUT2D eigenvalue weighted by molar-refractivity contribution is 5.98. The van der Waals surface area contributed by atoms with Crippen molar-refractivity contribution < 1.29 is 24.7 Å². The summed E-state index contributed by atoms with van der Waals surface area (Å²) in [7, 11) is 1.98. The maximum atomic E-state index is 12.8. The maximum absolute atomic E-state index is 12.8. The van der Waals surface area contributed by atoms with Crippen LogP contribution < -0.4 is 5.32 Å². The molecule has 0 bridgehead atoms. The second kappa shape index (κ2) is 13.3. The van der Waals surface area contributed by atoms with E-state index in [0.717, 1.165) is 30.6 Å². The first-order valence-electron chi connectivity index (χ1n) is 12.8. The summed E-state index contributed by atoms with van der Waals surface area (Å²) in [6, 6.07) is 13.8.